The molecule has 4 heteroatoms. The van der Waals surface area contributed by atoms with Crippen LogP contribution in [0.25, 0.3) is 0 Å². The van der Waals surface area contributed by atoms with E-state index in [1.54, 1.807) is 0 Å². The summed E-state index contributed by atoms with van der Waals surface area (Å²) in [6, 6.07) is 5.82. The summed E-state index contributed by atoms with van der Waals surface area (Å²) < 4.78 is 5.27. The molecule has 0 fully saturated rings. The molecular weight excluding hydrogens is 228 g/mol. The second-order valence-electron chi connectivity index (χ2n) is 4.52. The van der Waals surface area contributed by atoms with Crippen LogP contribution in [-0.2, 0) is 9.53 Å². The highest BCUT2D eigenvalue weighted by atomic mass is 16.5. The van der Waals surface area contributed by atoms with Crippen molar-refractivity contribution in [1.82, 2.24) is 5.32 Å². The van der Waals surface area contributed by atoms with Crippen molar-refractivity contribution in [3.8, 4) is 0 Å². The highest BCUT2D eigenvalue weighted by Gasteiger charge is 2.29. The Bertz CT molecular complexity index is 432. The molecule has 1 aliphatic heterocycles. The summed E-state index contributed by atoms with van der Waals surface area (Å²) in [5, 5.41) is 6.18. The van der Waals surface area contributed by atoms with Gasteiger partial charge in [-0.2, -0.15) is 0 Å². The summed E-state index contributed by atoms with van der Waals surface area (Å²) in [5.41, 5.74) is 3.15. The van der Waals surface area contributed by atoms with E-state index < -0.39 is 0 Å². The molecule has 98 valence electrons. The Morgan fingerprint density at radius 3 is 3.06 bits per heavy atom. The lowest BCUT2D eigenvalue weighted by Crippen LogP contribution is -2.28. The number of fused-ring (bicyclic) bond motifs is 1. The minimum Gasteiger partial charge on any atom is -0.382 e. The molecule has 0 saturated carbocycles. The first kappa shape index (κ1) is 13.1. The zero-order valence-corrected chi connectivity index (χ0v) is 11.0. The molecule has 4 nitrogen and oxygen atoms in total. The predicted molar refractivity (Wildman–Crippen MR) is 71.7 cm³/mol. The fourth-order valence-electron chi connectivity index (χ4n) is 2.15. The topological polar surface area (TPSA) is 50.4 Å². The lowest BCUT2D eigenvalue weighted by Gasteiger charge is -2.11. The molecule has 0 radical (unpaired) electrons. The second-order valence-corrected chi connectivity index (χ2v) is 4.52. The van der Waals surface area contributed by atoms with Crippen molar-refractivity contribution >= 4 is 11.6 Å². The largest absolute Gasteiger partial charge is 0.382 e. The Labute approximate surface area is 108 Å². The highest BCUT2D eigenvalue weighted by Crippen LogP contribution is 2.31. The molecule has 1 aromatic carbocycles. The van der Waals surface area contributed by atoms with E-state index in [2.05, 4.69) is 16.7 Å². The first-order valence-corrected chi connectivity index (χ1v) is 6.45. The van der Waals surface area contributed by atoms with Gasteiger partial charge in [0.2, 0.25) is 5.91 Å². The van der Waals surface area contributed by atoms with E-state index >= 15 is 0 Å². The van der Waals surface area contributed by atoms with Crippen LogP contribution < -0.4 is 10.6 Å². The zero-order valence-electron chi connectivity index (χ0n) is 11.0. The quantitative estimate of drug-likeness (QED) is 0.757. The molecule has 0 saturated heterocycles. The van der Waals surface area contributed by atoms with Gasteiger partial charge in [0.15, 0.2) is 0 Å². The molecule has 0 bridgehead atoms. The molecule has 1 amide bonds. The van der Waals surface area contributed by atoms with E-state index in [1.165, 1.54) is 5.56 Å². The zero-order chi connectivity index (χ0) is 13.0. The van der Waals surface area contributed by atoms with Crippen LogP contribution in [0.1, 0.15) is 30.5 Å². The molecule has 1 atom stereocenters. The Morgan fingerprint density at radius 1 is 1.44 bits per heavy atom. The third-order valence-corrected chi connectivity index (χ3v) is 3.06. The summed E-state index contributed by atoms with van der Waals surface area (Å²) in [4.78, 5) is 11.9. The summed E-state index contributed by atoms with van der Waals surface area (Å²) in [6.07, 6.45) is 0.915. The predicted octanol–water partition coefficient (Wildman–Crippen LogP) is 2.00. The lowest BCUT2D eigenvalue weighted by molar-refractivity contribution is -0.117. The number of aryl methyl sites for hydroxylation is 1. The van der Waals surface area contributed by atoms with Crippen molar-refractivity contribution in [1.29, 1.82) is 0 Å². The molecule has 18 heavy (non-hydrogen) atoms. The van der Waals surface area contributed by atoms with Crippen LogP contribution in [-0.4, -0.2) is 25.7 Å². The normalized spacial score (nSPS) is 17.7. The SMILES string of the molecule is CCOCCCNC1C(=O)Nc2ccc(C)cc21. The number of benzene rings is 1. The maximum absolute atomic E-state index is 11.9. The third kappa shape index (κ3) is 2.89. The molecule has 1 unspecified atom stereocenters. The van der Waals surface area contributed by atoms with Gasteiger partial charge >= 0.3 is 0 Å². The maximum atomic E-state index is 11.9. The monoisotopic (exact) mass is 248 g/mol. The number of carbonyl (C=O) groups is 1. The first-order chi connectivity index (χ1) is 8.72. The van der Waals surface area contributed by atoms with Crippen molar-refractivity contribution < 1.29 is 9.53 Å². The van der Waals surface area contributed by atoms with Crippen LogP contribution in [0.4, 0.5) is 5.69 Å². The number of ether oxygens (including phenoxy) is 1. The number of hydrogen-bond acceptors (Lipinski definition) is 3. The summed E-state index contributed by atoms with van der Waals surface area (Å²) >= 11 is 0. The van der Waals surface area contributed by atoms with Gasteiger partial charge in [0.05, 0.1) is 0 Å². The smallest absolute Gasteiger partial charge is 0.246 e. The van der Waals surface area contributed by atoms with Crippen LogP contribution in [0.15, 0.2) is 18.2 Å². The van der Waals surface area contributed by atoms with E-state index in [-0.39, 0.29) is 11.9 Å². The fraction of sp³-hybridized carbons (Fsp3) is 0.500. The molecule has 2 N–H and O–H groups in total. The Morgan fingerprint density at radius 2 is 2.28 bits per heavy atom. The van der Waals surface area contributed by atoms with Gasteiger partial charge in [0.1, 0.15) is 6.04 Å². The minimum atomic E-state index is -0.221. The van der Waals surface area contributed by atoms with Crippen molar-refractivity contribution in [2.75, 3.05) is 25.1 Å². The highest BCUT2D eigenvalue weighted by molar-refractivity contribution is 6.02. The van der Waals surface area contributed by atoms with Gasteiger partial charge in [-0.15, -0.1) is 0 Å². The van der Waals surface area contributed by atoms with Crippen LogP contribution in [0.5, 0.6) is 0 Å². The molecule has 1 aliphatic rings. The summed E-state index contributed by atoms with van der Waals surface area (Å²) in [6.45, 7) is 6.28. The average molecular weight is 248 g/mol. The van der Waals surface area contributed by atoms with Gasteiger partial charge in [-0.3, -0.25) is 4.79 Å². The lowest BCUT2D eigenvalue weighted by atomic mass is 10.1. The molecule has 1 aromatic rings. The van der Waals surface area contributed by atoms with E-state index in [1.807, 2.05) is 26.0 Å². The number of nitrogens with one attached hydrogen (secondary N) is 2. The van der Waals surface area contributed by atoms with Crippen molar-refractivity contribution in [2.45, 2.75) is 26.3 Å². The van der Waals surface area contributed by atoms with Gasteiger partial charge in [0, 0.05) is 24.5 Å². The first-order valence-electron chi connectivity index (χ1n) is 6.45. The van der Waals surface area contributed by atoms with E-state index in [4.69, 9.17) is 4.74 Å². The van der Waals surface area contributed by atoms with Crippen LogP contribution in [0, 0.1) is 6.92 Å². The van der Waals surface area contributed by atoms with Gasteiger partial charge < -0.3 is 15.4 Å². The standard InChI is InChI=1S/C14H20N2O2/c1-3-18-8-4-7-15-13-11-9-10(2)5-6-12(11)16-14(13)17/h5-6,9,13,15H,3-4,7-8H2,1-2H3,(H,16,17). The molecule has 1 heterocycles. The fourth-order valence-corrected chi connectivity index (χ4v) is 2.15. The second kappa shape index (κ2) is 5.98. The van der Waals surface area contributed by atoms with Crippen molar-refractivity contribution in [3.63, 3.8) is 0 Å². The third-order valence-electron chi connectivity index (χ3n) is 3.06. The number of amides is 1. The number of hydrogen-bond donors (Lipinski definition) is 2. The van der Waals surface area contributed by atoms with Crippen LogP contribution in [0.2, 0.25) is 0 Å². The van der Waals surface area contributed by atoms with Crippen LogP contribution >= 0.6 is 0 Å². The summed E-state index contributed by atoms with van der Waals surface area (Å²) in [7, 11) is 0. The Kier molecular flexibility index (Phi) is 4.33. The number of anilines is 1. The van der Waals surface area contributed by atoms with Gasteiger partial charge in [0.25, 0.3) is 0 Å². The maximum Gasteiger partial charge on any atom is 0.246 e. The van der Waals surface area contributed by atoms with Crippen molar-refractivity contribution in [3.05, 3.63) is 29.3 Å². The molecule has 0 aromatic heterocycles. The van der Waals surface area contributed by atoms with Crippen LogP contribution in [0.3, 0.4) is 0 Å². The Hall–Kier alpha value is -1.39. The van der Waals surface area contributed by atoms with Gasteiger partial charge in [-0.05, 0) is 32.9 Å². The molecule has 0 aliphatic carbocycles. The number of carbonyl (C=O) groups excluding carboxylic acids is 1. The van der Waals surface area contributed by atoms with E-state index in [0.717, 1.165) is 37.4 Å². The van der Waals surface area contributed by atoms with E-state index in [0.29, 0.717) is 0 Å². The van der Waals surface area contributed by atoms with Crippen molar-refractivity contribution in [2.24, 2.45) is 0 Å². The Balaban J connectivity index is 1.93. The van der Waals surface area contributed by atoms with Gasteiger partial charge in [-0.1, -0.05) is 17.7 Å². The molecular formula is C14H20N2O2. The van der Waals surface area contributed by atoms with Gasteiger partial charge in [-0.25, -0.2) is 0 Å². The number of rotatable bonds is 6. The summed E-state index contributed by atoms with van der Waals surface area (Å²) in [5.74, 6) is 0.0343. The van der Waals surface area contributed by atoms with E-state index in [9.17, 15) is 4.79 Å². The average Bonchev–Trinajstić information content (AvgIpc) is 2.65. The molecule has 0 spiro atoms. The molecule has 2 rings (SSSR count). The minimum absolute atomic E-state index is 0.0343.